The molecule has 0 bridgehead atoms. The van der Waals surface area contributed by atoms with E-state index in [4.69, 9.17) is 5.84 Å². The highest BCUT2D eigenvalue weighted by atomic mass is 15.3. The van der Waals surface area contributed by atoms with Crippen LogP contribution in [0.15, 0.2) is 18.2 Å². The van der Waals surface area contributed by atoms with Crippen molar-refractivity contribution in [2.45, 2.75) is 32.6 Å². The van der Waals surface area contributed by atoms with Gasteiger partial charge in [0, 0.05) is 6.54 Å². The maximum Gasteiger partial charge on any atom is 0.142 e. The number of anilines is 2. The van der Waals surface area contributed by atoms with Gasteiger partial charge in [-0.2, -0.15) is 0 Å². The molecular weight excluding hydrogens is 212 g/mol. The Labute approximate surface area is 103 Å². The summed E-state index contributed by atoms with van der Waals surface area (Å²) in [7, 11) is 0. The molecule has 4 heteroatoms. The third-order valence-electron chi connectivity index (χ3n) is 3.60. The normalized spacial score (nSPS) is 24.4. The zero-order chi connectivity index (χ0) is 12.1. The van der Waals surface area contributed by atoms with Gasteiger partial charge in [-0.05, 0) is 36.8 Å². The van der Waals surface area contributed by atoms with E-state index < -0.39 is 0 Å². The van der Waals surface area contributed by atoms with E-state index >= 15 is 0 Å². The molecule has 1 fully saturated rings. The lowest BCUT2D eigenvalue weighted by Crippen LogP contribution is -2.20. The van der Waals surface area contributed by atoms with Gasteiger partial charge in [-0.25, -0.2) is 10.8 Å². The topological polar surface area (TPSA) is 63.0 Å². The highest BCUT2D eigenvalue weighted by molar-refractivity contribution is 5.44. The van der Waals surface area contributed by atoms with E-state index in [9.17, 15) is 0 Å². The van der Waals surface area contributed by atoms with E-state index in [0.29, 0.717) is 5.82 Å². The average Bonchev–Trinajstić information content (AvgIpc) is 2.38. The summed E-state index contributed by atoms with van der Waals surface area (Å²) in [5.41, 5.74) is 2.56. The fourth-order valence-electron chi connectivity index (χ4n) is 2.40. The van der Waals surface area contributed by atoms with Gasteiger partial charge in [0.1, 0.15) is 11.6 Å². The van der Waals surface area contributed by atoms with Crippen LogP contribution in [0.5, 0.6) is 0 Å². The summed E-state index contributed by atoms with van der Waals surface area (Å²) in [5.74, 6) is 8.64. The number of hydrogen-bond donors (Lipinski definition) is 3. The zero-order valence-corrected chi connectivity index (χ0v) is 10.4. The first kappa shape index (κ1) is 12.2. The SMILES string of the molecule is CC1CCC(CNc2cccc(NN)n2)CC1. The largest absolute Gasteiger partial charge is 0.370 e. The van der Waals surface area contributed by atoms with Gasteiger partial charge >= 0.3 is 0 Å². The molecule has 2 rings (SSSR count). The number of hydrazine groups is 1. The van der Waals surface area contributed by atoms with Crippen molar-refractivity contribution in [3.63, 3.8) is 0 Å². The number of nitrogens with two attached hydrogens (primary N) is 1. The van der Waals surface area contributed by atoms with Crippen LogP contribution in [-0.4, -0.2) is 11.5 Å². The summed E-state index contributed by atoms with van der Waals surface area (Å²) in [4.78, 5) is 4.34. The van der Waals surface area contributed by atoms with Crippen molar-refractivity contribution in [3.8, 4) is 0 Å². The summed E-state index contributed by atoms with van der Waals surface area (Å²) in [5, 5.41) is 3.40. The van der Waals surface area contributed by atoms with Gasteiger partial charge in [0.05, 0.1) is 0 Å². The third kappa shape index (κ3) is 3.60. The molecule has 1 aliphatic carbocycles. The predicted octanol–water partition coefficient (Wildman–Crippen LogP) is 2.61. The maximum atomic E-state index is 5.33. The Kier molecular flexibility index (Phi) is 4.20. The molecule has 0 amide bonds. The molecular formula is C13H22N4. The van der Waals surface area contributed by atoms with Crippen molar-refractivity contribution < 1.29 is 0 Å². The number of rotatable bonds is 4. The van der Waals surface area contributed by atoms with Crippen molar-refractivity contribution >= 4 is 11.6 Å². The molecule has 1 heterocycles. The molecule has 17 heavy (non-hydrogen) atoms. The summed E-state index contributed by atoms with van der Waals surface area (Å²) < 4.78 is 0. The second kappa shape index (κ2) is 5.87. The van der Waals surface area contributed by atoms with Crippen LogP contribution < -0.4 is 16.6 Å². The Balaban J connectivity index is 1.81. The molecule has 0 atom stereocenters. The molecule has 0 spiro atoms. The Morgan fingerprint density at radius 3 is 2.65 bits per heavy atom. The van der Waals surface area contributed by atoms with Crippen LogP contribution >= 0.6 is 0 Å². The number of nitrogens with zero attached hydrogens (tertiary/aromatic N) is 1. The molecule has 1 saturated carbocycles. The monoisotopic (exact) mass is 234 g/mol. The Morgan fingerprint density at radius 1 is 1.24 bits per heavy atom. The lowest BCUT2D eigenvalue weighted by molar-refractivity contribution is 0.300. The van der Waals surface area contributed by atoms with Crippen molar-refractivity contribution in [2.24, 2.45) is 17.7 Å². The lowest BCUT2D eigenvalue weighted by Gasteiger charge is -2.26. The third-order valence-corrected chi connectivity index (χ3v) is 3.60. The van der Waals surface area contributed by atoms with E-state index in [2.05, 4.69) is 22.7 Å². The Morgan fingerprint density at radius 2 is 1.94 bits per heavy atom. The van der Waals surface area contributed by atoms with Crippen molar-refractivity contribution in [3.05, 3.63) is 18.2 Å². The van der Waals surface area contributed by atoms with Crippen molar-refractivity contribution in [1.82, 2.24) is 4.98 Å². The first-order valence-electron chi connectivity index (χ1n) is 6.45. The average molecular weight is 234 g/mol. The van der Waals surface area contributed by atoms with Crippen LogP contribution in [0.25, 0.3) is 0 Å². The molecule has 1 aromatic rings. The first-order valence-corrected chi connectivity index (χ1v) is 6.45. The van der Waals surface area contributed by atoms with Crippen molar-refractivity contribution in [2.75, 3.05) is 17.3 Å². The fraction of sp³-hybridized carbons (Fsp3) is 0.615. The van der Waals surface area contributed by atoms with E-state index in [0.717, 1.165) is 24.2 Å². The van der Waals surface area contributed by atoms with E-state index in [1.807, 2.05) is 18.2 Å². The standard InChI is InChI=1S/C13H22N4/c1-10-5-7-11(8-6-10)9-15-12-3-2-4-13(16-12)17-14/h2-4,10-11H,5-9,14H2,1H3,(H2,15,16,17). The molecule has 1 aliphatic rings. The molecule has 0 unspecified atom stereocenters. The fourth-order valence-corrected chi connectivity index (χ4v) is 2.40. The quantitative estimate of drug-likeness (QED) is 0.553. The number of nitrogen functional groups attached to an aromatic ring is 1. The minimum Gasteiger partial charge on any atom is -0.370 e. The summed E-state index contributed by atoms with van der Waals surface area (Å²) >= 11 is 0. The summed E-state index contributed by atoms with van der Waals surface area (Å²) in [6, 6.07) is 5.78. The van der Waals surface area contributed by atoms with E-state index in [1.54, 1.807) is 0 Å². The van der Waals surface area contributed by atoms with Crippen LogP contribution in [0.4, 0.5) is 11.6 Å². The number of aromatic nitrogens is 1. The molecule has 0 aliphatic heterocycles. The van der Waals surface area contributed by atoms with Gasteiger partial charge in [-0.1, -0.05) is 25.8 Å². The van der Waals surface area contributed by atoms with Crippen LogP contribution in [-0.2, 0) is 0 Å². The first-order chi connectivity index (χ1) is 8.28. The van der Waals surface area contributed by atoms with E-state index in [1.165, 1.54) is 25.7 Å². The van der Waals surface area contributed by atoms with Crippen LogP contribution in [0, 0.1) is 11.8 Å². The number of hydrogen-bond acceptors (Lipinski definition) is 4. The zero-order valence-electron chi connectivity index (χ0n) is 10.4. The van der Waals surface area contributed by atoms with Gasteiger partial charge in [0.15, 0.2) is 0 Å². The molecule has 4 N–H and O–H groups in total. The summed E-state index contributed by atoms with van der Waals surface area (Å²) in [6.07, 6.45) is 5.40. The Bertz CT molecular complexity index is 345. The molecule has 0 aromatic carbocycles. The van der Waals surface area contributed by atoms with Gasteiger partial charge in [0.2, 0.25) is 0 Å². The molecule has 4 nitrogen and oxygen atoms in total. The molecule has 0 radical (unpaired) electrons. The van der Waals surface area contributed by atoms with Gasteiger partial charge in [0.25, 0.3) is 0 Å². The van der Waals surface area contributed by atoms with Crippen LogP contribution in [0.2, 0.25) is 0 Å². The van der Waals surface area contributed by atoms with Gasteiger partial charge in [-0.3, -0.25) is 0 Å². The van der Waals surface area contributed by atoms with Gasteiger partial charge < -0.3 is 10.7 Å². The number of nitrogens with one attached hydrogen (secondary N) is 2. The van der Waals surface area contributed by atoms with Crippen LogP contribution in [0.3, 0.4) is 0 Å². The number of pyridine rings is 1. The minimum absolute atomic E-state index is 0.701. The smallest absolute Gasteiger partial charge is 0.142 e. The van der Waals surface area contributed by atoms with Gasteiger partial charge in [-0.15, -0.1) is 0 Å². The van der Waals surface area contributed by atoms with Crippen LogP contribution in [0.1, 0.15) is 32.6 Å². The predicted molar refractivity (Wildman–Crippen MR) is 71.7 cm³/mol. The molecule has 94 valence electrons. The minimum atomic E-state index is 0.701. The lowest BCUT2D eigenvalue weighted by atomic mass is 9.83. The Hall–Kier alpha value is -1.29. The highest BCUT2D eigenvalue weighted by Crippen LogP contribution is 2.28. The summed E-state index contributed by atoms with van der Waals surface area (Å²) in [6.45, 7) is 3.37. The highest BCUT2D eigenvalue weighted by Gasteiger charge is 2.17. The second-order valence-electron chi connectivity index (χ2n) is 5.06. The van der Waals surface area contributed by atoms with Crippen molar-refractivity contribution in [1.29, 1.82) is 0 Å². The molecule has 0 saturated heterocycles. The molecule has 1 aromatic heterocycles. The second-order valence-corrected chi connectivity index (χ2v) is 5.06. The maximum absolute atomic E-state index is 5.33. The van der Waals surface area contributed by atoms with E-state index in [-0.39, 0.29) is 0 Å².